The quantitative estimate of drug-likeness (QED) is 0.781. The average Bonchev–Trinajstić information content (AvgIpc) is 3.17. The predicted octanol–water partition coefficient (Wildman–Crippen LogP) is 3.44. The SMILES string of the molecule is CC(NS(=O)(=O)CC[Si](C)(C)C)C1CC1c1ccccc1. The Morgan fingerprint density at radius 2 is 1.86 bits per heavy atom. The fourth-order valence-electron chi connectivity index (χ4n) is 2.72. The van der Waals surface area contributed by atoms with Crippen molar-refractivity contribution < 1.29 is 8.42 Å². The van der Waals surface area contributed by atoms with E-state index in [2.05, 4.69) is 36.5 Å². The van der Waals surface area contributed by atoms with E-state index in [-0.39, 0.29) is 11.8 Å². The summed E-state index contributed by atoms with van der Waals surface area (Å²) in [5.74, 6) is 1.23. The maximum atomic E-state index is 12.2. The number of sulfonamides is 1. The van der Waals surface area contributed by atoms with Crippen LogP contribution >= 0.6 is 0 Å². The summed E-state index contributed by atoms with van der Waals surface area (Å²) in [5, 5.41) is 0. The van der Waals surface area contributed by atoms with Gasteiger partial charge in [-0.15, -0.1) is 0 Å². The Morgan fingerprint density at radius 3 is 2.43 bits per heavy atom. The van der Waals surface area contributed by atoms with Crippen LogP contribution in [-0.2, 0) is 10.0 Å². The molecule has 1 aliphatic carbocycles. The lowest BCUT2D eigenvalue weighted by molar-refractivity contribution is 0.533. The highest BCUT2D eigenvalue weighted by Gasteiger charge is 2.43. The van der Waals surface area contributed by atoms with E-state index in [0.717, 1.165) is 12.5 Å². The normalized spacial score (nSPS) is 23.8. The molecule has 0 saturated heterocycles. The lowest BCUT2D eigenvalue weighted by Crippen LogP contribution is -2.37. The van der Waals surface area contributed by atoms with Crippen LogP contribution in [0.3, 0.4) is 0 Å². The first kappa shape index (κ1) is 16.7. The van der Waals surface area contributed by atoms with Crippen LogP contribution in [0.25, 0.3) is 0 Å². The fourth-order valence-corrected chi connectivity index (χ4v) is 7.10. The first-order valence-corrected chi connectivity index (χ1v) is 13.1. The van der Waals surface area contributed by atoms with Gasteiger partial charge in [0.15, 0.2) is 0 Å². The molecule has 3 nitrogen and oxygen atoms in total. The van der Waals surface area contributed by atoms with E-state index in [1.807, 2.05) is 25.1 Å². The van der Waals surface area contributed by atoms with Crippen LogP contribution < -0.4 is 4.72 Å². The maximum Gasteiger partial charge on any atom is 0.211 e. The molecule has 0 amide bonds. The summed E-state index contributed by atoms with van der Waals surface area (Å²) in [5.41, 5.74) is 1.33. The zero-order valence-electron chi connectivity index (χ0n) is 13.5. The number of nitrogens with one attached hydrogen (secondary N) is 1. The number of rotatable bonds is 7. The molecular weight excluding hydrogens is 298 g/mol. The second kappa shape index (κ2) is 6.22. The van der Waals surface area contributed by atoms with Crippen molar-refractivity contribution in [1.29, 1.82) is 0 Å². The Kier molecular flexibility index (Phi) is 4.95. The summed E-state index contributed by atoms with van der Waals surface area (Å²) in [6, 6.07) is 11.2. The molecule has 0 bridgehead atoms. The minimum atomic E-state index is -3.14. The van der Waals surface area contributed by atoms with Gasteiger partial charge in [-0.25, -0.2) is 13.1 Å². The van der Waals surface area contributed by atoms with E-state index in [1.165, 1.54) is 5.56 Å². The van der Waals surface area contributed by atoms with Gasteiger partial charge >= 0.3 is 0 Å². The second-order valence-electron chi connectivity index (χ2n) is 7.45. The Balaban J connectivity index is 1.87. The van der Waals surface area contributed by atoms with E-state index >= 15 is 0 Å². The third-order valence-electron chi connectivity index (χ3n) is 4.20. The van der Waals surface area contributed by atoms with Crippen LogP contribution in [-0.4, -0.2) is 28.3 Å². The minimum Gasteiger partial charge on any atom is -0.212 e. The molecule has 0 heterocycles. The van der Waals surface area contributed by atoms with Crippen molar-refractivity contribution in [3.63, 3.8) is 0 Å². The van der Waals surface area contributed by atoms with Gasteiger partial charge in [-0.1, -0.05) is 50.0 Å². The Hall–Kier alpha value is -0.653. The lowest BCUT2D eigenvalue weighted by atomic mass is 10.1. The molecule has 1 aliphatic rings. The largest absolute Gasteiger partial charge is 0.212 e. The molecule has 0 aromatic heterocycles. The monoisotopic (exact) mass is 325 g/mol. The number of hydrogen-bond donors (Lipinski definition) is 1. The first-order valence-electron chi connectivity index (χ1n) is 7.73. The van der Waals surface area contributed by atoms with E-state index < -0.39 is 18.1 Å². The van der Waals surface area contributed by atoms with Crippen molar-refractivity contribution in [2.75, 3.05) is 5.75 Å². The lowest BCUT2D eigenvalue weighted by Gasteiger charge is -2.18. The highest BCUT2D eigenvalue weighted by Crippen LogP contribution is 2.49. The third kappa shape index (κ3) is 5.24. The zero-order chi connectivity index (χ0) is 15.7. The van der Waals surface area contributed by atoms with Gasteiger partial charge in [-0.2, -0.15) is 0 Å². The smallest absolute Gasteiger partial charge is 0.211 e. The maximum absolute atomic E-state index is 12.2. The standard InChI is InChI=1S/C16H27NO2SSi/c1-13(17-20(18,19)10-11-21(2,3)4)15-12-16(15)14-8-6-5-7-9-14/h5-9,13,15-17H,10-12H2,1-4H3. The van der Waals surface area contributed by atoms with Gasteiger partial charge < -0.3 is 0 Å². The highest BCUT2D eigenvalue weighted by atomic mass is 32.2. The van der Waals surface area contributed by atoms with E-state index in [9.17, 15) is 8.42 Å². The van der Waals surface area contributed by atoms with Crippen molar-refractivity contribution in [2.24, 2.45) is 5.92 Å². The van der Waals surface area contributed by atoms with Crippen LogP contribution in [0.2, 0.25) is 25.7 Å². The summed E-state index contributed by atoms with van der Waals surface area (Å²) >= 11 is 0. The third-order valence-corrected chi connectivity index (χ3v) is 7.78. The second-order valence-corrected chi connectivity index (χ2v) is 14.9. The summed E-state index contributed by atoms with van der Waals surface area (Å²) < 4.78 is 27.2. The van der Waals surface area contributed by atoms with Crippen molar-refractivity contribution >= 4 is 18.1 Å². The van der Waals surface area contributed by atoms with Crippen LogP contribution in [0.4, 0.5) is 0 Å². The van der Waals surface area contributed by atoms with Crippen LogP contribution in [0, 0.1) is 5.92 Å². The van der Waals surface area contributed by atoms with Crippen LogP contribution in [0.15, 0.2) is 30.3 Å². The molecule has 21 heavy (non-hydrogen) atoms. The predicted molar refractivity (Wildman–Crippen MR) is 91.8 cm³/mol. The van der Waals surface area contributed by atoms with E-state index in [4.69, 9.17) is 0 Å². The first-order chi connectivity index (χ1) is 9.68. The Labute approximate surface area is 130 Å². The van der Waals surface area contributed by atoms with Gasteiger partial charge in [0.1, 0.15) is 0 Å². The van der Waals surface area contributed by atoms with Gasteiger partial charge in [0, 0.05) is 14.1 Å². The molecular formula is C16H27NO2SSi. The van der Waals surface area contributed by atoms with Crippen molar-refractivity contribution in [1.82, 2.24) is 4.72 Å². The Bertz CT molecular complexity index is 566. The molecule has 1 fully saturated rings. The van der Waals surface area contributed by atoms with Gasteiger partial charge in [-0.3, -0.25) is 0 Å². The molecule has 0 radical (unpaired) electrons. The summed E-state index contributed by atoms with van der Waals surface area (Å²) in [6.07, 6.45) is 1.09. The topological polar surface area (TPSA) is 46.2 Å². The molecule has 0 aliphatic heterocycles. The van der Waals surface area contributed by atoms with Crippen LogP contribution in [0.1, 0.15) is 24.8 Å². The van der Waals surface area contributed by atoms with Gasteiger partial charge in [-0.05, 0) is 36.8 Å². The van der Waals surface area contributed by atoms with Crippen molar-refractivity contribution in [3.05, 3.63) is 35.9 Å². The van der Waals surface area contributed by atoms with Crippen molar-refractivity contribution in [3.8, 4) is 0 Å². The fraction of sp³-hybridized carbons (Fsp3) is 0.625. The van der Waals surface area contributed by atoms with Crippen LogP contribution in [0.5, 0.6) is 0 Å². The summed E-state index contributed by atoms with van der Waals surface area (Å²) in [6.45, 7) is 8.62. The van der Waals surface area contributed by atoms with Crippen molar-refractivity contribution in [2.45, 2.75) is 51.0 Å². The Morgan fingerprint density at radius 1 is 1.24 bits per heavy atom. The average molecular weight is 326 g/mol. The van der Waals surface area contributed by atoms with E-state index in [1.54, 1.807) is 0 Å². The zero-order valence-corrected chi connectivity index (χ0v) is 15.3. The summed E-state index contributed by atoms with van der Waals surface area (Å²) in [7, 11) is -4.45. The molecule has 0 spiro atoms. The molecule has 2 rings (SSSR count). The van der Waals surface area contributed by atoms with Gasteiger partial charge in [0.25, 0.3) is 0 Å². The molecule has 5 heteroatoms. The van der Waals surface area contributed by atoms with Gasteiger partial charge in [0.05, 0.1) is 5.75 Å². The minimum absolute atomic E-state index is 0.0295. The molecule has 1 saturated carbocycles. The molecule has 118 valence electrons. The molecule has 1 aromatic rings. The summed E-state index contributed by atoms with van der Waals surface area (Å²) in [4.78, 5) is 0. The van der Waals surface area contributed by atoms with Gasteiger partial charge in [0.2, 0.25) is 10.0 Å². The molecule has 3 unspecified atom stereocenters. The molecule has 1 N–H and O–H groups in total. The van der Waals surface area contributed by atoms with E-state index in [0.29, 0.717) is 11.8 Å². The number of benzene rings is 1. The highest BCUT2D eigenvalue weighted by molar-refractivity contribution is 7.89. The number of hydrogen-bond acceptors (Lipinski definition) is 2. The molecule has 1 aromatic carbocycles. The molecule has 3 atom stereocenters.